The molecule has 1 aromatic carbocycles. The number of amides is 1. The standard InChI is InChI=1S/C19H28N2O4S/c1-15(2)25-13-16-3-5-17(6-4-16)19(22)21-10-8-20(9-11-21)18-7-12-26(23,24)14-18/h3-6,15,18H,7-14H2,1-2H3/t18-/m1/s1. The lowest BCUT2D eigenvalue weighted by Crippen LogP contribution is -2.52. The number of hydrogen-bond donors (Lipinski definition) is 0. The number of ether oxygens (including phenoxy) is 1. The van der Waals surface area contributed by atoms with Crippen molar-refractivity contribution in [1.82, 2.24) is 9.80 Å². The molecule has 0 aromatic heterocycles. The lowest BCUT2D eigenvalue weighted by Gasteiger charge is -2.37. The molecule has 2 heterocycles. The molecular formula is C19H28N2O4S. The number of benzene rings is 1. The predicted molar refractivity (Wildman–Crippen MR) is 101 cm³/mol. The van der Waals surface area contributed by atoms with Crippen LogP contribution in [0, 0.1) is 0 Å². The molecular weight excluding hydrogens is 352 g/mol. The summed E-state index contributed by atoms with van der Waals surface area (Å²) in [6.07, 6.45) is 0.901. The van der Waals surface area contributed by atoms with E-state index < -0.39 is 9.84 Å². The molecule has 0 saturated carbocycles. The number of nitrogens with zero attached hydrogens (tertiary/aromatic N) is 2. The lowest BCUT2D eigenvalue weighted by atomic mass is 10.1. The van der Waals surface area contributed by atoms with E-state index in [0.717, 1.165) is 25.1 Å². The normalized spacial score (nSPS) is 23.5. The highest BCUT2D eigenvalue weighted by Gasteiger charge is 2.34. The van der Waals surface area contributed by atoms with E-state index in [1.807, 2.05) is 43.0 Å². The second kappa shape index (κ2) is 8.06. The summed E-state index contributed by atoms with van der Waals surface area (Å²) in [6.45, 7) is 7.33. The Kier molecular flexibility index (Phi) is 5.99. The van der Waals surface area contributed by atoms with Crippen LogP contribution < -0.4 is 0 Å². The van der Waals surface area contributed by atoms with E-state index >= 15 is 0 Å². The van der Waals surface area contributed by atoms with E-state index in [4.69, 9.17) is 4.74 Å². The molecule has 0 spiro atoms. The van der Waals surface area contributed by atoms with Gasteiger partial charge in [0.2, 0.25) is 0 Å². The van der Waals surface area contributed by atoms with E-state index in [-0.39, 0.29) is 23.8 Å². The average Bonchev–Trinajstić information content (AvgIpc) is 3.00. The molecule has 7 heteroatoms. The van der Waals surface area contributed by atoms with Gasteiger partial charge in [-0.25, -0.2) is 8.42 Å². The summed E-state index contributed by atoms with van der Waals surface area (Å²) in [7, 11) is -2.86. The van der Waals surface area contributed by atoms with Crippen molar-refractivity contribution in [2.75, 3.05) is 37.7 Å². The molecule has 1 aromatic rings. The van der Waals surface area contributed by atoms with Crippen molar-refractivity contribution < 1.29 is 17.9 Å². The first kappa shape index (κ1) is 19.3. The van der Waals surface area contributed by atoms with Crippen LogP contribution in [0.2, 0.25) is 0 Å². The van der Waals surface area contributed by atoms with Gasteiger partial charge in [0, 0.05) is 37.8 Å². The van der Waals surface area contributed by atoms with Crippen molar-refractivity contribution in [2.24, 2.45) is 0 Å². The summed E-state index contributed by atoms with van der Waals surface area (Å²) in [5.74, 6) is 0.602. The maximum Gasteiger partial charge on any atom is 0.253 e. The second-order valence-corrected chi connectivity index (χ2v) is 9.67. The monoisotopic (exact) mass is 380 g/mol. The Labute approximate surface area is 156 Å². The number of sulfone groups is 1. The minimum atomic E-state index is -2.86. The zero-order valence-electron chi connectivity index (χ0n) is 15.6. The van der Waals surface area contributed by atoms with Crippen LogP contribution in [0.1, 0.15) is 36.2 Å². The summed E-state index contributed by atoms with van der Waals surface area (Å²) in [4.78, 5) is 16.8. The minimum Gasteiger partial charge on any atom is -0.374 e. The zero-order chi connectivity index (χ0) is 18.7. The van der Waals surface area contributed by atoms with Gasteiger partial charge < -0.3 is 9.64 Å². The fourth-order valence-corrected chi connectivity index (χ4v) is 5.30. The second-order valence-electron chi connectivity index (χ2n) is 7.44. The fourth-order valence-electron chi connectivity index (χ4n) is 3.54. The van der Waals surface area contributed by atoms with Gasteiger partial charge in [0.25, 0.3) is 5.91 Å². The Morgan fingerprint density at radius 3 is 2.35 bits per heavy atom. The van der Waals surface area contributed by atoms with Crippen molar-refractivity contribution in [3.63, 3.8) is 0 Å². The quantitative estimate of drug-likeness (QED) is 0.775. The molecule has 144 valence electrons. The molecule has 0 radical (unpaired) electrons. The van der Waals surface area contributed by atoms with Crippen LogP contribution >= 0.6 is 0 Å². The topological polar surface area (TPSA) is 66.9 Å². The minimum absolute atomic E-state index is 0.0417. The Bertz CT molecular complexity index is 722. The molecule has 0 bridgehead atoms. The summed E-state index contributed by atoms with van der Waals surface area (Å²) in [5, 5.41) is 0. The van der Waals surface area contributed by atoms with Crippen molar-refractivity contribution in [2.45, 2.75) is 39.0 Å². The number of hydrogen-bond acceptors (Lipinski definition) is 5. The molecule has 2 aliphatic heterocycles. The molecule has 3 rings (SSSR count). The molecule has 1 amide bonds. The molecule has 2 fully saturated rings. The predicted octanol–water partition coefficient (Wildman–Crippen LogP) is 1.56. The Balaban J connectivity index is 1.52. The highest BCUT2D eigenvalue weighted by atomic mass is 32.2. The van der Waals surface area contributed by atoms with Crippen LogP contribution in [0.15, 0.2) is 24.3 Å². The first-order chi connectivity index (χ1) is 12.3. The number of rotatable bonds is 5. The van der Waals surface area contributed by atoms with Crippen LogP contribution in [-0.2, 0) is 21.2 Å². The fraction of sp³-hybridized carbons (Fsp3) is 0.632. The summed E-state index contributed by atoms with van der Waals surface area (Å²) in [6, 6.07) is 7.72. The van der Waals surface area contributed by atoms with Gasteiger partial charge in [-0.1, -0.05) is 12.1 Å². The zero-order valence-corrected chi connectivity index (χ0v) is 16.4. The van der Waals surface area contributed by atoms with Gasteiger partial charge in [0.1, 0.15) is 0 Å². The van der Waals surface area contributed by atoms with Gasteiger partial charge in [-0.2, -0.15) is 0 Å². The Hall–Kier alpha value is -1.44. The molecule has 2 aliphatic rings. The third-order valence-corrected chi connectivity index (χ3v) is 6.86. The summed E-state index contributed by atoms with van der Waals surface area (Å²) >= 11 is 0. The first-order valence-electron chi connectivity index (χ1n) is 9.28. The number of carbonyl (C=O) groups is 1. The van der Waals surface area contributed by atoms with Crippen LogP contribution in [0.4, 0.5) is 0 Å². The van der Waals surface area contributed by atoms with Gasteiger partial charge in [-0.3, -0.25) is 9.69 Å². The van der Waals surface area contributed by atoms with E-state index in [1.165, 1.54) is 0 Å². The van der Waals surface area contributed by atoms with Gasteiger partial charge in [0.05, 0.1) is 24.2 Å². The van der Waals surface area contributed by atoms with E-state index in [1.54, 1.807) is 0 Å². The summed E-state index contributed by atoms with van der Waals surface area (Å²) in [5.41, 5.74) is 1.75. The smallest absolute Gasteiger partial charge is 0.253 e. The third-order valence-electron chi connectivity index (χ3n) is 5.11. The molecule has 0 unspecified atom stereocenters. The maximum absolute atomic E-state index is 12.7. The maximum atomic E-state index is 12.7. The van der Waals surface area contributed by atoms with Gasteiger partial charge in [-0.15, -0.1) is 0 Å². The van der Waals surface area contributed by atoms with Crippen LogP contribution in [0.5, 0.6) is 0 Å². The highest BCUT2D eigenvalue weighted by molar-refractivity contribution is 7.91. The Morgan fingerprint density at radius 2 is 1.81 bits per heavy atom. The number of carbonyl (C=O) groups excluding carboxylic acids is 1. The molecule has 0 aliphatic carbocycles. The molecule has 1 atom stereocenters. The van der Waals surface area contributed by atoms with Crippen molar-refractivity contribution >= 4 is 15.7 Å². The van der Waals surface area contributed by atoms with E-state index in [0.29, 0.717) is 31.0 Å². The molecule has 2 saturated heterocycles. The SMILES string of the molecule is CC(C)OCc1ccc(C(=O)N2CCN([C@@H]3CCS(=O)(=O)C3)CC2)cc1. The van der Waals surface area contributed by atoms with Gasteiger partial charge >= 0.3 is 0 Å². The van der Waals surface area contributed by atoms with Crippen LogP contribution in [-0.4, -0.2) is 74.0 Å². The van der Waals surface area contributed by atoms with Crippen LogP contribution in [0.25, 0.3) is 0 Å². The summed E-state index contributed by atoms with van der Waals surface area (Å²) < 4.78 is 28.9. The third kappa shape index (κ3) is 4.84. The van der Waals surface area contributed by atoms with Gasteiger partial charge in [0.15, 0.2) is 9.84 Å². The highest BCUT2D eigenvalue weighted by Crippen LogP contribution is 2.20. The van der Waals surface area contributed by atoms with E-state index in [9.17, 15) is 13.2 Å². The van der Waals surface area contributed by atoms with E-state index in [2.05, 4.69) is 4.90 Å². The molecule has 0 N–H and O–H groups in total. The molecule has 26 heavy (non-hydrogen) atoms. The first-order valence-corrected chi connectivity index (χ1v) is 11.1. The number of piperazine rings is 1. The van der Waals surface area contributed by atoms with Gasteiger partial charge in [-0.05, 0) is 38.0 Å². The average molecular weight is 381 g/mol. The largest absolute Gasteiger partial charge is 0.374 e. The Morgan fingerprint density at radius 1 is 1.15 bits per heavy atom. The van der Waals surface area contributed by atoms with Crippen LogP contribution in [0.3, 0.4) is 0 Å². The van der Waals surface area contributed by atoms with Crippen molar-refractivity contribution in [1.29, 1.82) is 0 Å². The van der Waals surface area contributed by atoms with Crippen molar-refractivity contribution in [3.05, 3.63) is 35.4 Å². The van der Waals surface area contributed by atoms with Crippen molar-refractivity contribution in [3.8, 4) is 0 Å². The molecule has 6 nitrogen and oxygen atoms in total. The lowest BCUT2D eigenvalue weighted by molar-refractivity contribution is 0.0586.